The highest BCUT2D eigenvalue weighted by Crippen LogP contribution is 2.67. The fourth-order valence-electron chi connectivity index (χ4n) is 7.13. The average molecular weight is 337 g/mol. The van der Waals surface area contributed by atoms with Crippen LogP contribution in [-0.4, -0.2) is 17.3 Å². The van der Waals surface area contributed by atoms with Gasteiger partial charge < -0.3 is 10.1 Å². The molecule has 1 aliphatic heterocycles. The minimum absolute atomic E-state index is 0.115. The summed E-state index contributed by atoms with van der Waals surface area (Å²) < 4.78 is 5.96. The fourth-order valence-corrected chi connectivity index (χ4v) is 7.13. The third-order valence-electron chi connectivity index (χ3n) is 8.19. The van der Waals surface area contributed by atoms with E-state index >= 15 is 0 Å². The van der Waals surface area contributed by atoms with E-state index in [0.717, 1.165) is 31.4 Å². The van der Waals surface area contributed by atoms with Crippen LogP contribution in [0, 0.1) is 34.5 Å². The van der Waals surface area contributed by atoms with Crippen molar-refractivity contribution in [1.82, 2.24) is 0 Å². The first-order chi connectivity index (χ1) is 12.1. The van der Waals surface area contributed by atoms with Gasteiger partial charge in [-0.1, -0.05) is 19.1 Å². The standard InChI is InChI=1S/C22H27NO2/c1-2-21-10-7-17-16-6-4-15(23)13-14(16)3-5-18(17)19(21)8-11-22(21)12-9-20(24)25-22/h3,5,9,12-13,16-19,23H,2,4,6-8,10-11H2,1H3/t16-,17?,18?,19?,21-,22+/m0/s1. The Morgan fingerprint density at radius 1 is 1.24 bits per heavy atom. The Hall–Kier alpha value is -1.64. The summed E-state index contributed by atoms with van der Waals surface area (Å²) in [7, 11) is 0. The van der Waals surface area contributed by atoms with Crippen molar-refractivity contribution in [3.8, 4) is 0 Å². The first-order valence-corrected chi connectivity index (χ1v) is 9.98. The van der Waals surface area contributed by atoms with E-state index in [0.29, 0.717) is 23.7 Å². The maximum Gasteiger partial charge on any atom is 0.331 e. The molecule has 1 heterocycles. The Labute approximate surface area is 149 Å². The third-order valence-corrected chi connectivity index (χ3v) is 8.19. The van der Waals surface area contributed by atoms with Crippen molar-refractivity contribution < 1.29 is 9.53 Å². The highest BCUT2D eigenvalue weighted by atomic mass is 16.6. The van der Waals surface area contributed by atoms with Crippen molar-refractivity contribution in [2.45, 2.75) is 57.5 Å². The molecule has 4 aliphatic carbocycles. The summed E-state index contributed by atoms with van der Waals surface area (Å²) in [4.78, 5) is 11.9. The maximum absolute atomic E-state index is 11.9. The monoisotopic (exact) mass is 337 g/mol. The lowest BCUT2D eigenvalue weighted by molar-refractivity contribution is -0.162. The van der Waals surface area contributed by atoms with Gasteiger partial charge in [-0.15, -0.1) is 0 Å². The van der Waals surface area contributed by atoms with Crippen LogP contribution in [-0.2, 0) is 9.53 Å². The predicted octanol–water partition coefficient (Wildman–Crippen LogP) is 4.60. The molecule has 0 amide bonds. The molecule has 3 nitrogen and oxygen atoms in total. The van der Waals surface area contributed by atoms with E-state index in [-0.39, 0.29) is 17.0 Å². The molecular formula is C22H27NO2. The molecule has 25 heavy (non-hydrogen) atoms. The average Bonchev–Trinajstić information content (AvgIpc) is 3.16. The Balaban J connectivity index is 1.54. The van der Waals surface area contributed by atoms with Crippen molar-refractivity contribution in [1.29, 1.82) is 5.41 Å². The number of carbonyl (C=O) groups excluding carboxylic acids is 1. The molecule has 6 atom stereocenters. The number of hydrogen-bond donors (Lipinski definition) is 1. The van der Waals surface area contributed by atoms with Gasteiger partial charge in [0.25, 0.3) is 0 Å². The highest BCUT2D eigenvalue weighted by Gasteiger charge is 2.65. The summed E-state index contributed by atoms with van der Waals surface area (Å²) in [6.45, 7) is 2.29. The molecule has 0 bridgehead atoms. The number of allylic oxidation sites excluding steroid dienone is 4. The zero-order chi connectivity index (χ0) is 17.2. The molecule has 0 aromatic rings. The number of carbonyl (C=O) groups is 1. The molecule has 2 saturated carbocycles. The van der Waals surface area contributed by atoms with E-state index in [2.05, 4.69) is 31.2 Å². The molecule has 1 N–H and O–H groups in total. The first kappa shape index (κ1) is 15.6. The number of esters is 1. The van der Waals surface area contributed by atoms with Crippen molar-refractivity contribution in [3.05, 3.63) is 36.0 Å². The van der Waals surface area contributed by atoms with Crippen molar-refractivity contribution in [2.75, 3.05) is 0 Å². The largest absolute Gasteiger partial charge is 0.451 e. The van der Waals surface area contributed by atoms with E-state index in [9.17, 15) is 4.79 Å². The van der Waals surface area contributed by atoms with Gasteiger partial charge in [0.1, 0.15) is 5.60 Å². The van der Waals surface area contributed by atoms with Crippen LogP contribution in [0.2, 0.25) is 0 Å². The minimum atomic E-state index is -0.340. The number of hydrogen-bond acceptors (Lipinski definition) is 3. The summed E-state index contributed by atoms with van der Waals surface area (Å²) in [6, 6.07) is 0. The van der Waals surface area contributed by atoms with Crippen LogP contribution < -0.4 is 0 Å². The Morgan fingerprint density at radius 3 is 2.88 bits per heavy atom. The van der Waals surface area contributed by atoms with Gasteiger partial charge >= 0.3 is 5.97 Å². The van der Waals surface area contributed by atoms with Crippen molar-refractivity contribution >= 4 is 11.7 Å². The van der Waals surface area contributed by atoms with Crippen molar-refractivity contribution in [2.24, 2.45) is 29.1 Å². The minimum Gasteiger partial charge on any atom is -0.451 e. The number of nitrogens with one attached hydrogen (secondary N) is 1. The molecule has 2 fully saturated rings. The lowest BCUT2D eigenvalue weighted by Crippen LogP contribution is -2.53. The first-order valence-electron chi connectivity index (χ1n) is 9.98. The highest BCUT2D eigenvalue weighted by molar-refractivity contribution is 5.94. The van der Waals surface area contributed by atoms with Gasteiger partial charge in [0.2, 0.25) is 0 Å². The van der Waals surface area contributed by atoms with E-state index < -0.39 is 0 Å². The summed E-state index contributed by atoms with van der Waals surface area (Å²) in [5.74, 6) is 2.43. The van der Waals surface area contributed by atoms with Gasteiger partial charge in [-0.2, -0.15) is 0 Å². The van der Waals surface area contributed by atoms with E-state index in [1.165, 1.54) is 24.8 Å². The number of ether oxygens (including phenoxy) is 1. The second kappa shape index (κ2) is 5.18. The molecule has 1 spiro atoms. The molecule has 5 aliphatic rings. The maximum atomic E-state index is 11.9. The quantitative estimate of drug-likeness (QED) is 0.711. The third kappa shape index (κ3) is 1.93. The fraction of sp³-hybridized carbons (Fsp3) is 0.636. The van der Waals surface area contributed by atoms with Gasteiger partial charge in [0.15, 0.2) is 0 Å². The molecular weight excluding hydrogens is 310 g/mol. The van der Waals surface area contributed by atoms with Gasteiger partial charge in [-0.25, -0.2) is 4.79 Å². The van der Waals surface area contributed by atoms with E-state index in [4.69, 9.17) is 10.1 Å². The lowest BCUT2D eigenvalue weighted by atomic mass is 9.51. The zero-order valence-corrected chi connectivity index (χ0v) is 15.0. The second-order valence-corrected chi connectivity index (χ2v) is 8.75. The summed E-state index contributed by atoms with van der Waals surface area (Å²) in [6.07, 6.45) is 18.3. The van der Waals surface area contributed by atoms with Gasteiger partial charge in [0.05, 0.1) is 0 Å². The number of rotatable bonds is 1. The Morgan fingerprint density at radius 2 is 2.12 bits per heavy atom. The Bertz CT molecular complexity index is 732. The van der Waals surface area contributed by atoms with Crippen LogP contribution in [0.5, 0.6) is 0 Å². The molecule has 0 aromatic carbocycles. The van der Waals surface area contributed by atoms with Gasteiger partial charge in [-0.05, 0) is 86.3 Å². The molecule has 0 saturated heterocycles. The van der Waals surface area contributed by atoms with Gasteiger partial charge in [-0.3, -0.25) is 0 Å². The summed E-state index contributed by atoms with van der Waals surface area (Å²) in [5, 5.41) is 7.98. The smallest absolute Gasteiger partial charge is 0.331 e. The normalized spacial score (nSPS) is 47.3. The van der Waals surface area contributed by atoms with Crippen LogP contribution in [0.1, 0.15) is 51.9 Å². The van der Waals surface area contributed by atoms with Crippen LogP contribution >= 0.6 is 0 Å². The topological polar surface area (TPSA) is 50.2 Å². The van der Waals surface area contributed by atoms with Crippen LogP contribution in [0.25, 0.3) is 0 Å². The molecule has 0 aromatic heterocycles. The predicted molar refractivity (Wildman–Crippen MR) is 97.3 cm³/mol. The van der Waals surface area contributed by atoms with E-state index in [1.54, 1.807) is 6.08 Å². The summed E-state index contributed by atoms with van der Waals surface area (Å²) in [5.41, 5.74) is 1.95. The molecule has 3 heteroatoms. The van der Waals surface area contributed by atoms with Crippen LogP contribution in [0.3, 0.4) is 0 Å². The molecule has 0 radical (unpaired) electrons. The molecule has 5 rings (SSSR count). The van der Waals surface area contributed by atoms with Crippen molar-refractivity contribution in [3.63, 3.8) is 0 Å². The molecule has 3 unspecified atom stereocenters. The SMILES string of the molecule is CC[C@]12CCC3C(C=CC4=CC(=N)CC[C@@H]43)C1CC[C@@]21C=CC(=O)O1. The zero-order valence-electron chi connectivity index (χ0n) is 15.0. The number of fused-ring (bicyclic) bond motifs is 6. The second-order valence-electron chi connectivity index (χ2n) is 8.75. The molecule has 132 valence electrons. The Kier molecular flexibility index (Phi) is 3.24. The van der Waals surface area contributed by atoms with E-state index in [1.807, 2.05) is 0 Å². The van der Waals surface area contributed by atoms with Gasteiger partial charge in [0, 0.05) is 17.2 Å². The van der Waals surface area contributed by atoms with Crippen LogP contribution in [0.15, 0.2) is 36.0 Å². The van der Waals surface area contributed by atoms with Crippen LogP contribution in [0.4, 0.5) is 0 Å². The lowest BCUT2D eigenvalue weighted by Gasteiger charge is -2.55. The summed E-state index contributed by atoms with van der Waals surface area (Å²) >= 11 is 0.